The molecule has 1 aromatic carbocycles. The second-order valence-electron chi connectivity index (χ2n) is 5.26. The van der Waals surface area contributed by atoms with E-state index in [4.69, 9.17) is 10.6 Å². The van der Waals surface area contributed by atoms with Crippen LogP contribution in [-0.4, -0.2) is 28.5 Å². The molecule has 0 amide bonds. The highest BCUT2D eigenvalue weighted by molar-refractivity contribution is 6.31. The molecule has 0 saturated heterocycles. The Hall–Kier alpha value is -2.97. The Morgan fingerprint density at radius 2 is 2.00 bits per heavy atom. The number of alkyl halides is 2. The van der Waals surface area contributed by atoms with Gasteiger partial charge in [0, 0.05) is 19.3 Å². The minimum absolute atomic E-state index is 0.0684. The summed E-state index contributed by atoms with van der Waals surface area (Å²) in [7, 11) is 0. The van der Waals surface area contributed by atoms with E-state index in [2.05, 4.69) is 20.1 Å². The monoisotopic (exact) mass is 351 g/mol. The zero-order valence-electron chi connectivity index (χ0n) is 13.6. The van der Waals surface area contributed by atoms with Crippen molar-refractivity contribution in [1.82, 2.24) is 9.97 Å². The molecule has 1 heterocycles. The molecular formula is C16H16F3N5O. The highest BCUT2D eigenvalue weighted by atomic mass is 19.3. The number of nitrogens with two attached hydrogens (primary N) is 1. The van der Waals surface area contributed by atoms with Crippen LogP contribution < -0.4 is 10.6 Å². The van der Waals surface area contributed by atoms with Crippen molar-refractivity contribution in [3.05, 3.63) is 47.5 Å². The van der Waals surface area contributed by atoms with E-state index in [1.54, 1.807) is 12.4 Å². The third-order valence-corrected chi connectivity index (χ3v) is 3.06. The van der Waals surface area contributed by atoms with Crippen molar-refractivity contribution in [3.63, 3.8) is 0 Å². The number of aliphatic imine (C=N–C) groups is 1. The summed E-state index contributed by atoms with van der Waals surface area (Å²) in [5.74, 6) is 0.930. The number of ether oxygens (including phenoxy) is 1. The third-order valence-electron chi connectivity index (χ3n) is 3.06. The first-order valence-electron chi connectivity index (χ1n) is 7.19. The van der Waals surface area contributed by atoms with Crippen LogP contribution in [0, 0.1) is 12.7 Å². The summed E-state index contributed by atoms with van der Waals surface area (Å²) in [6, 6.07) is 3.29. The number of aromatic nitrogens is 2. The third kappa shape index (κ3) is 5.27. The zero-order valence-corrected chi connectivity index (χ0v) is 13.6. The second-order valence-corrected chi connectivity index (χ2v) is 5.26. The van der Waals surface area contributed by atoms with Gasteiger partial charge in [-0.05, 0) is 30.7 Å². The van der Waals surface area contributed by atoms with Gasteiger partial charge in [0.1, 0.15) is 18.1 Å². The molecule has 0 spiro atoms. The Labute approximate surface area is 142 Å². The second kappa shape index (κ2) is 7.73. The van der Waals surface area contributed by atoms with Gasteiger partial charge in [-0.3, -0.25) is 4.99 Å². The van der Waals surface area contributed by atoms with E-state index in [9.17, 15) is 13.2 Å². The summed E-state index contributed by atoms with van der Waals surface area (Å²) >= 11 is 0. The molecule has 1 aromatic heterocycles. The van der Waals surface area contributed by atoms with E-state index in [1.807, 2.05) is 6.92 Å². The van der Waals surface area contributed by atoms with Crippen LogP contribution in [0.3, 0.4) is 0 Å². The maximum atomic E-state index is 13.5. The first-order chi connectivity index (χ1) is 11.8. The Kier molecular flexibility index (Phi) is 5.68. The quantitative estimate of drug-likeness (QED) is 0.492. The number of hydrazone groups is 1. The lowest BCUT2D eigenvalue weighted by molar-refractivity contribution is 0.0138. The summed E-state index contributed by atoms with van der Waals surface area (Å²) in [5.41, 5.74) is 0.489. The van der Waals surface area contributed by atoms with Gasteiger partial charge in [-0.1, -0.05) is 0 Å². The van der Waals surface area contributed by atoms with E-state index in [-0.39, 0.29) is 24.0 Å². The molecule has 6 nitrogen and oxygen atoms in total. The number of benzene rings is 1. The molecule has 132 valence electrons. The average Bonchev–Trinajstić information content (AvgIpc) is 2.57. The van der Waals surface area contributed by atoms with Crippen molar-refractivity contribution in [2.24, 2.45) is 15.9 Å². The lowest BCUT2D eigenvalue weighted by Gasteiger charge is -2.11. The van der Waals surface area contributed by atoms with Crippen LogP contribution in [0.5, 0.6) is 6.01 Å². The predicted molar refractivity (Wildman–Crippen MR) is 88.0 cm³/mol. The smallest absolute Gasteiger partial charge is 0.316 e. The van der Waals surface area contributed by atoms with E-state index in [0.29, 0.717) is 6.92 Å². The number of rotatable bonds is 6. The Morgan fingerprint density at radius 1 is 1.32 bits per heavy atom. The van der Waals surface area contributed by atoms with E-state index in [1.165, 1.54) is 12.3 Å². The molecule has 2 rings (SSSR count). The molecule has 0 aliphatic rings. The predicted octanol–water partition coefficient (Wildman–Crippen LogP) is 3.13. The molecule has 0 radical (unpaired) electrons. The maximum absolute atomic E-state index is 13.5. The molecule has 0 atom stereocenters. The van der Waals surface area contributed by atoms with Crippen LogP contribution in [0.1, 0.15) is 18.1 Å². The van der Waals surface area contributed by atoms with Gasteiger partial charge in [-0.2, -0.15) is 5.10 Å². The number of aryl methyl sites for hydroxylation is 1. The van der Waals surface area contributed by atoms with E-state index < -0.39 is 17.3 Å². The summed E-state index contributed by atoms with van der Waals surface area (Å²) in [6.45, 7) is 2.38. The Morgan fingerprint density at radius 3 is 2.60 bits per heavy atom. The summed E-state index contributed by atoms with van der Waals surface area (Å²) in [5, 5.41) is 3.49. The number of hydrogen-bond donors (Lipinski definition) is 1. The van der Waals surface area contributed by atoms with Crippen molar-refractivity contribution in [3.8, 4) is 6.01 Å². The molecule has 0 aliphatic heterocycles. The normalized spacial score (nSPS) is 12.6. The Bertz CT molecular complexity index is 785. The van der Waals surface area contributed by atoms with Gasteiger partial charge in [0.2, 0.25) is 0 Å². The summed E-state index contributed by atoms with van der Waals surface area (Å²) in [4.78, 5) is 11.9. The van der Waals surface area contributed by atoms with Crippen LogP contribution in [0.25, 0.3) is 0 Å². The summed E-state index contributed by atoms with van der Waals surface area (Å²) in [6.07, 6.45) is 4.40. The minimum atomic E-state index is -3.31. The van der Waals surface area contributed by atoms with Crippen molar-refractivity contribution in [2.75, 3.05) is 6.61 Å². The molecule has 0 unspecified atom stereocenters. The SMILES string of the molecule is Cc1cnc(OCC(C=Nc2ccc(F)c(C(C)(F)F)c2)=NN)nc1. The van der Waals surface area contributed by atoms with Crippen LogP contribution in [0.15, 0.2) is 40.7 Å². The van der Waals surface area contributed by atoms with Crippen LogP contribution in [0.4, 0.5) is 18.9 Å². The topological polar surface area (TPSA) is 85.8 Å². The van der Waals surface area contributed by atoms with E-state index in [0.717, 1.165) is 17.7 Å². The van der Waals surface area contributed by atoms with Crippen LogP contribution in [0.2, 0.25) is 0 Å². The van der Waals surface area contributed by atoms with Crippen molar-refractivity contribution in [1.29, 1.82) is 0 Å². The molecule has 2 N–H and O–H groups in total. The number of halogens is 3. The molecule has 9 heteroatoms. The molecule has 0 bridgehead atoms. The molecule has 0 aliphatic carbocycles. The molecule has 0 fully saturated rings. The van der Waals surface area contributed by atoms with Gasteiger partial charge < -0.3 is 10.6 Å². The van der Waals surface area contributed by atoms with Gasteiger partial charge in [0.25, 0.3) is 5.92 Å². The standard InChI is InChI=1S/C16H16F3N5O/c1-10-6-22-15(23-7-10)25-9-12(24-20)8-21-11-3-4-14(17)13(5-11)16(2,18)19/h3-8H,9,20H2,1-2H3. The zero-order chi connectivity index (χ0) is 18.4. The highest BCUT2D eigenvalue weighted by Crippen LogP contribution is 2.31. The number of hydrogen-bond acceptors (Lipinski definition) is 6. The Balaban J connectivity index is 2.07. The van der Waals surface area contributed by atoms with Gasteiger partial charge in [0.15, 0.2) is 0 Å². The first kappa shape index (κ1) is 18.4. The fourth-order valence-corrected chi connectivity index (χ4v) is 1.78. The molecule has 2 aromatic rings. The fourth-order valence-electron chi connectivity index (χ4n) is 1.78. The van der Waals surface area contributed by atoms with Crippen molar-refractivity contribution < 1.29 is 17.9 Å². The van der Waals surface area contributed by atoms with Crippen LogP contribution in [-0.2, 0) is 5.92 Å². The highest BCUT2D eigenvalue weighted by Gasteiger charge is 2.28. The largest absolute Gasteiger partial charge is 0.457 e. The summed E-state index contributed by atoms with van der Waals surface area (Å²) < 4.78 is 45.4. The van der Waals surface area contributed by atoms with E-state index >= 15 is 0 Å². The lowest BCUT2D eigenvalue weighted by Crippen LogP contribution is -2.16. The lowest BCUT2D eigenvalue weighted by atomic mass is 10.1. The van der Waals surface area contributed by atoms with Gasteiger partial charge in [-0.15, -0.1) is 0 Å². The van der Waals surface area contributed by atoms with Crippen molar-refractivity contribution >= 4 is 17.6 Å². The molecule has 0 saturated carbocycles. The van der Waals surface area contributed by atoms with Gasteiger partial charge in [0.05, 0.1) is 17.5 Å². The fraction of sp³-hybridized carbons (Fsp3) is 0.250. The van der Waals surface area contributed by atoms with Crippen molar-refractivity contribution in [2.45, 2.75) is 19.8 Å². The van der Waals surface area contributed by atoms with Gasteiger partial charge in [-0.25, -0.2) is 23.1 Å². The molecular weight excluding hydrogens is 335 g/mol. The first-order valence-corrected chi connectivity index (χ1v) is 7.19. The minimum Gasteiger partial charge on any atom is -0.457 e. The molecule has 25 heavy (non-hydrogen) atoms. The van der Waals surface area contributed by atoms with Gasteiger partial charge >= 0.3 is 6.01 Å². The maximum Gasteiger partial charge on any atom is 0.316 e. The van der Waals surface area contributed by atoms with Crippen LogP contribution >= 0.6 is 0 Å². The number of nitrogens with zero attached hydrogens (tertiary/aromatic N) is 4. The average molecular weight is 351 g/mol.